The molecule has 3 amide bonds. The first-order chi connectivity index (χ1) is 12.6. The van der Waals surface area contributed by atoms with E-state index in [9.17, 15) is 9.59 Å². The van der Waals surface area contributed by atoms with E-state index < -0.39 is 0 Å². The molecule has 1 fully saturated rings. The molecule has 0 bridgehead atoms. The van der Waals surface area contributed by atoms with Crippen molar-refractivity contribution >= 4 is 34.8 Å². The molecule has 138 valence electrons. The second-order valence-corrected chi connectivity index (χ2v) is 7.23. The molecule has 0 radical (unpaired) electrons. The number of rotatable bonds is 6. The first-order valence-corrected chi connectivity index (χ1v) is 9.49. The standard InChI is InChI=1S/C17H22N6O2S/c1-3-23(11(2)24)14-8-7-13(9-18-14)20-17(25)19-10-15-21-22-16(26-15)12-5-4-6-12/h7-9,12H,3-6,10H2,1-2H3,(H2,19,20,25). The third kappa shape index (κ3) is 4.34. The molecule has 26 heavy (non-hydrogen) atoms. The molecule has 0 saturated heterocycles. The first kappa shape index (κ1) is 18.2. The van der Waals surface area contributed by atoms with Crippen LogP contribution in [0.3, 0.4) is 0 Å². The fourth-order valence-electron chi connectivity index (χ4n) is 2.66. The molecule has 3 rings (SSSR count). The third-order valence-electron chi connectivity index (χ3n) is 4.32. The van der Waals surface area contributed by atoms with Gasteiger partial charge in [-0.1, -0.05) is 17.8 Å². The number of hydrogen-bond acceptors (Lipinski definition) is 6. The van der Waals surface area contributed by atoms with E-state index in [1.807, 2.05) is 6.92 Å². The summed E-state index contributed by atoms with van der Waals surface area (Å²) >= 11 is 1.56. The van der Waals surface area contributed by atoms with Gasteiger partial charge in [-0.05, 0) is 31.9 Å². The van der Waals surface area contributed by atoms with E-state index in [2.05, 4.69) is 25.8 Å². The molecular weight excluding hydrogens is 352 g/mol. The van der Waals surface area contributed by atoms with E-state index in [0.717, 1.165) is 10.0 Å². The van der Waals surface area contributed by atoms with Gasteiger partial charge >= 0.3 is 6.03 Å². The Balaban J connectivity index is 1.49. The van der Waals surface area contributed by atoms with Gasteiger partial charge in [-0.15, -0.1) is 10.2 Å². The van der Waals surface area contributed by atoms with Crippen LogP contribution in [0.1, 0.15) is 49.0 Å². The van der Waals surface area contributed by atoms with Crippen LogP contribution in [-0.2, 0) is 11.3 Å². The number of aromatic nitrogens is 3. The highest BCUT2D eigenvalue weighted by atomic mass is 32.1. The lowest BCUT2D eigenvalue weighted by atomic mass is 9.86. The largest absolute Gasteiger partial charge is 0.331 e. The molecule has 0 atom stereocenters. The van der Waals surface area contributed by atoms with Crippen LogP contribution in [0.4, 0.5) is 16.3 Å². The number of anilines is 2. The molecular formula is C17H22N6O2S. The second-order valence-electron chi connectivity index (χ2n) is 6.14. The number of pyridine rings is 1. The molecule has 2 aromatic rings. The summed E-state index contributed by atoms with van der Waals surface area (Å²) in [6, 6.07) is 3.09. The van der Waals surface area contributed by atoms with Crippen molar-refractivity contribution in [1.29, 1.82) is 0 Å². The van der Waals surface area contributed by atoms with Gasteiger partial charge < -0.3 is 10.6 Å². The molecule has 9 heteroatoms. The predicted octanol–water partition coefficient (Wildman–Crippen LogP) is 2.90. The fourth-order valence-corrected chi connectivity index (χ4v) is 3.61. The van der Waals surface area contributed by atoms with Crippen LogP contribution in [-0.4, -0.2) is 33.7 Å². The van der Waals surface area contributed by atoms with E-state index in [1.54, 1.807) is 28.4 Å². The highest BCUT2D eigenvalue weighted by molar-refractivity contribution is 7.11. The fraction of sp³-hybridized carbons (Fsp3) is 0.471. The van der Waals surface area contributed by atoms with Crippen molar-refractivity contribution < 1.29 is 9.59 Å². The Labute approximate surface area is 156 Å². The normalized spacial score (nSPS) is 13.8. The van der Waals surface area contributed by atoms with Gasteiger partial charge in [-0.25, -0.2) is 9.78 Å². The first-order valence-electron chi connectivity index (χ1n) is 8.68. The van der Waals surface area contributed by atoms with Crippen molar-refractivity contribution in [2.75, 3.05) is 16.8 Å². The molecule has 8 nitrogen and oxygen atoms in total. The number of nitrogens with one attached hydrogen (secondary N) is 2. The molecule has 2 aromatic heterocycles. The number of carbonyl (C=O) groups is 2. The number of hydrogen-bond donors (Lipinski definition) is 2. The van der Waals surface area contributed by atoms with Gasteiger partial charge in [0.05, 0.1) is 18.4 Å². The van der Waals surface area contributed by atoms with E-state index in [0.29, 0.717) is 30.5 Å². The Hall–Kier alpha value is -2.55. The molecule has 0 aromatic carbocycles. The maximum atomic E-state index is 12.0. The van der Waals surface area contributed by atoms with Crippen LogP contribution in [0, 0.1) is 0 Å². The minimum atomic E-state index is -0.334. The molecule has 1 aliphatic rings. The Morgan fingerprint density at radius 1 is 1.31 bits per heavy atom. The summed E-state index contributed by atoms with van der Waals surface area (Å²) in [5.74, 6) is 1.04. The van der Waals surface area contributed by atoms with Gasteiger partial charge in [0.2, 0.25) is 5.91 Å². The Morgan fingerprint density at radius 3 is 2.69 bits per heavy atom. The van der Waals surface area contributed by atoms with Crippen LogP contribution < -0.4 is 15.5 Å². The highest BCUT2D eigenvalue weighted by Gasteiger charge is 2.23. The predicted molar refractivity (Wildman–Crippen MR) is 100 cm³/mol. The van der Waals surface area contributed by atoms with Crippen LogP contribution in [0.2, 0.25) is 0 Å². The number of carbonyl (C=O) groups excluding carboxylic acids is 2. The zero-order valence-electron chi connectivity index (χ0n) is 14.9. The maximum Gasteiger partial charge on any atom is 0.319 e. The topological polar surface area (TPSA) is 100 Å². The average molecular weight is 374 g/mol. The summed E-state index contributed by atoms with van der Waals surface area (Å²) in [5.41, 5.74) is 0.554. The van der Waals surface area contributed by atoms with Gasteiger partial charge in [-0.3, -0.25) is 9.69 Å². The van der Waals surface area contributed by atoms with Crippen molar-refractivity contribution in [2.45, 2.75) is 45.6 Å². The summed E-state index contributed by atoms with van der Waals surface area (Å²) in [7, 11) is 0. The molecule has 0 spiro atoms. The van der Waals surface area contributed by atoms with E-state index in [1.165, 1.54) is 32.4 Å². The van der Waals surface area contributed by atoms with Gasteiger partial charge in [-0.2, -0.15) is 0 Å². The molecule has 0 unspecified atom stereocenters. The maximum absolute atomic E-state index is 12.0. The summed E-state index contributed by atoms with van der Waals surface area (Å²) in [6.45, 7) is 4.26. The number of urea groups is 1. The lowest BCUT2D eigenvalue weighted by molar-refractivity contribution is -0.116. The Morgan fingerprint density at radius 2 is 2.12 bits per heavy atom. The molecule has 1 aliphatic carbocycles. The van der Waals surface area contributed by atoms with Crippen molar-refractivity contribution in [2.24, 2.45) is 0 Å². The zero-order chi connectivity index (χ0) is 18.5. The van der Waals surface area contributed by atoms with Crippen LogP contribution in [0.5, 0.6) is 0 Å². The monoisotopic (exact) mass is 374 g/mol. The highest BCUT2D eigenvalue weighted by Crippen LogP contribution is 2.37. The van der Waals surface area contributed by atoms with Crippen LogP contribution >= 0.6 is 11.3 Å². The van der Waals surface area contributed by atoms with Crippen molar-refractivity contribution in [3.63, 3.8) is 0 Å². The smallest absolute Gasteiger partial charge is 0.319 e. The van der Waals surface area contributed by atoms with E-state index in [-0.39, 0.29) is 11.9 Å². The van der Waals surface area contributed by atoms with Crippen molar-refractivity contribution in [3.05, 3.63) is 28.3 Å². The summed E-state index contributed by atoms with van der Waals surface area (Å²) in [4.78, 5) is 29.3. The minimum Gasteiger partial charge on any atom is -0.331 e. The Bertz CT molecular complexity index is 772. The molecule has 0 aliphatic heterocycles. The average Bonchev–Trinajstić information content (AvgIpc) is 3.01. The quantitative estimate of drug-likeness (QED) is 0.810. The van der Waals surface area contributed by atoms with Gasteiger partial charge in [0.15, 0.2) is 0 Å². The van der Waals surface area contributed by atoms with E-state index in [4.69, 9.17) is 0 Å². The third-order valence-corrected chi connectivity index (χ3v) is 5.40. The Kier molecular flexibility index (Phi) is 5.77. The van der Waals surface area contributed by atoms with Crippen molar-refractivity contribution in [1.82, 2.24) is 20.5 Å². The SMILES string of the molecule is CCN(C(C)=O)c1ccc(NC(=O)NCc2nnc(C3CCC3)s2)cn1. The van der Waals surface area contributed by atoms with Crippen molar-refractivity contribution in [3.8, 4) is 0 Å². The van der Waals surface area contributed by atoms with E-state index >= 15 is 0 Å². The van der Waals surface area contributed by atoms with Gasteiger partial charge in [0.25, 0.3) is 0 Å². The number of nitrogens with zero attached hydrogens (tertiary/aromatic N) is 4. The lowest BCUT2D eigenvalue weighted by Gasteiger charge is -2.21. The molecule has 2 heterocycles. The molecule has 2 N–H and O–H groups in total. The summed E-state index contributed by atoms with van der Waals surface area (Å²) in [6.07, 6.45) is 5.16. The summed E-state index contributed by atoms with van der Waals surface area (Å²) in [5, 5.41) is 15.7. The second kappa shape index (κ2) is 8.22. The summed E-state index contributed by atoms with van der Waals surface area (Å²) < 4.78 is 0. The minimum absolute atomic E-state index is 0.0724. The lowest BCUT2D eigenvalue weighted by Crippen LogP contribution is -2.29. The molecule has 1 saturated carbocycles. The van der Waals surface area contributed by atoms with Crippen LogP contribution in [0.25, 0.3) is 0 Å². The van der Waals surface area contributed by atoms with Gasteiger partial charge in [0.1, 0.15) is 15.8 Å². The van der Waals surface area contributed by atoms with Gasteiger partial charge in [0, 0.05) is 19.4 Å². The number of amides is 3. The zero-order valence-corrected chi connectivity index (χ0v) is 15.7. The van der Waals surface area contributed by atoms with Crippen LogP contribution in [0.15, 0.2) is 18.3 Å².